The fourth-order valence-electron chi connectivity index (χ4n) is 4.26. The van der Waals surface area contributed by atoms with E-state index in [9.17, 15) is 14.7 Å². The number of hydrogen-bond donors (Lipinski definition) is 1. The van der Waals surface area contributed by atoms with Crippen molar-refractivity contribution in [2.24, 2.45) is 5.92 Å². The first-order chi connectivity index (χ1) is 16.6. The van der Waals surface area contributed by atoms with E-state index in [1.165, 1.54) is 103 Å². The van der Waals surface area contributed by atoms with Crippen LogP contribution in [-0.4, -0.2) is 23.7 Å². The molecule has 4 nitrogen and oxygen atoms in total. The fourth-order valence-corrected chi connectivity index (χ4v) is 4.26. The van der Waals surface area contributed by atoms with Crippen LogP contribution in [0.25, 0.3) is 0 Å². The number of rotatable bonds is 26. The van der Waals surface area contributed by atoms with Crippen LogP contribution in [0, 0.1) is 5.92 Å². The van der Waals surface area contributed by atoms with Gasteiger partial charge in [0.15, 0.2) is 0 Å². The van der Waals surface area contributed by atoms with Crippen LogP contribution in [0.2, 0.25) is 0 Å². The summed E-state index contributed by atoms with van der Waals surface area (Å²) in [6.45, 7) is 4.87. The minimum absolute atomic E-state index is 0.0335. The highest BCUT2D eigenvalue weighted by Gasteiger charge is 2.20. The van der Waals surface area contributed by atoms with E-state index in [1.807, 2.05) is 6.08 Å². The molecule has 0 amide bonds. The largest absolute Gasteiger partial charge is 0.481 e. The van der Waals surface area contributed by atoms with Gasteiger partial charge in [0.2, 0.25) is 0 Å². The zero-order chi connectivity index (χ0) is 25.1. The first kappa shape index (κ1) is 32.7. The van der Waals surface area contributed by atoms with E-state index in [4.69, 9.17) is 4.74 Å². The lowest BCUT2D eigenvalue weighted by Gasteiger charge is -2.10. The van der Waals surface area contributed by atoms with Gasteiger partial charge < -0.3 is 9.84 Å². The number of carboxylic acids is 1. The molecule has 1 atom stereocenters. The first-order valence-electron chi connectivity index (χ1n) is 14.6. The van der Waals surface area contributed by atoms with Crippen LogP contribution in [-0.2, 0) is 14.3 Å². The normalized spacial score (nSPS) is 12.3. The van der Waals surface area contributed by atoms with Gasteiger partial charge in [-0.25, -0.2) is 0 Å². The van der Waals surface area contributed by atoms with Gasteiger partial charge in [-0.3, -0.25) is 9.59 Å². The average Bonchev–Trinajstić information content (AvgIpc) is 2.82. The summed E-state index contributed by atoms with van der Waals surface area (Å²) in [7, 11) is 0. The van der Waals surface area contributed by atoms with E-state index < -0.39 is 11.9 Å². The Morgan fingerprint density at radius 3 is 1.56 bits per heavy atom. The van der Waals surface area contributed by atoms with E-state index in [-0.39, 0.29) is 12.4 Å². The summed E-state index contributed by atoms with van der Waals surface area (Å²) < 4.78 is 5.24. The van der Waals surface area contributed by atoms with Gasteiger partial charge in [-0.15, -0.1) is 0 Å². The molecule has 0 spiro atoms. The number of hydrogen-bond acceptors (Lipinski definition) is 3. The third-order valence-corrected chi connectivity index (χ3v) is 6.58. The van der Waals surface area contributed by atoms with Crippen molar-refractivity contribution in [3.05, 3.63) is 12.2 Å². The lowest BCUT2D eigenvalue weighted by atomic mass is 10.0. The molecule has 0 aromatic carbocycles. The summed E-state index contributed by atoms with van der Waals surface area (Å²) in [5.41, 5.74) is 0. The second-order valence-electron chi connectivity index (χ2n) is 9.97. The van der Waals surface area contributed by atoms with Crippen LogP contribution in [0.1, 0.15) is 155 Å². The molecule has 0 heterocycles. The standard InChI is InChI=1S/C30H56O4/c1-3-5-7-9-11-12-13-14-15-16-17-18-19-20-21-23-25-28(30(32)33)27-29(31)34-26-24-22-10-8-6-4-2/h21,23,28H,3-20,22,24-27H2,1-2H3,(H,32,33)/b23-21+. The van der Waals surface area contributed by atoms with Crippen molar-refractivity contribution < 1.29 is 19.4 Å². The third kappa shape index (κ3) is 23.8. The van der Waals surface area contributed by atoms with Crippen LogP contribution in [0.5, 0.6) is 0 Å². The lowest BCUT2D eigenvalue weighted by molar-refractivity contribution is -0.151. The lowest BCUT2D eigenvalue weighted by Crippen LogP contribution is -2.19. The Labute approximate surface area is 211 Å². The number of carbonyl (C=O) groups excluding carboxylic acids is 1. The van der Waals surface area contributed by atoms with Crippen molar-refractivity contribution in [1.29, 1.82) is 0 Å². The second-order valence-corrected chi connectivity index (χ2v) is 9.97. The van der Waals surface area contributed by atoms with Gasteiger partial charge in [0.25, 0.3) is 0 Å². The molecule has 200 valence electrons. The molecule has 1 N–H and O–H groups in total. The Kier molecular flexibility index (Phi) is 25.3. The summed E-state index contributed by atoms with van der Waals surface area (Å²) in [6, 6.07) is 0. The summed E-state index contributed by atoms with van der Waals surface area (Å²) in [5, 5.41) is 9.40. The maximum Gasteiger partial charge on any atom is 0.307 e. The fraction of sp³-hybridized carbons (Fsp3) is 0.867. The second kappa shape index (κ2) is 26.3. The molecule has 34 heavy (non-hydrogen) atoms. The molecule has 0 rings (SSSR count). The molecule has 0 bridgehead atoms. The first-order valence-corrected chi connectivity index (χ1v) is 14.6. The molecule has 4 heteroatoms. The van der Waals surface area contributed by atoms with Crippen LogP contribution in [0.3, 0.4) is 0 Å². The van der Waals surface area contributed by atoms with E-state index in [2.05, 4.69) is 19.9 Å². The quantitative estimate of drug-likeness (QED) is 0.0760. The van der Waals surface area contributed by atoms with E-state index in [0.717, 1.165) is 25.7 Å². The van der Waals surface area contributed by atoms with Gasteiger partial charge in [-0.2, -0.15) is 0 Å². The molecule has 0 aliphatic carbocycles. The minimum Gasteiger partial charge on any atom is -0.481 e. The van der Waals surface area contributed by atoms with Gasteiger partial charge in [0.05, 0.1) is 18.9 Å². The number of ether oxygens (including phenoxy) is 1. The maximum absolute atomic E-state index is 12.0. The Bertz CT molecular complexity index is 486. The van der Waals surface area contributed by atoms with Crippen molar-refractivity contribution in [1.82, 2.24) is 0 Å². The maximum atomic E-state index is 12.0. The highest BCUT2D eigenvalue weighted by Crippen LogP contribution is 2.15. The van der Waals surface area contributed by atoms with Crippen LogP contribution >= 0.6 is 0 Å². The van der Waals surface area contributed by atoms with Crippen molar-refractivity contribution in [2.75, 3.05) is 6.61 Å². The van der Waals surface area contributed by atoms with Gasteiger partial charge in [0, 0.05) is 0 Å². The van der Waals surface area contributed by atoms with E-state index >= 15 is 0 Å². The highest BCUT2D eigenvalue weighted by atomic mass is 16.5. The minimum atomic E-state index is -0.915. The smallest absolute Gasteiger partial charge is 0.307 e. The third-order valence-electron chi connectivity index (χ3n) is 6.58. The van der Waals surface area contributed by atoms with Gasteiger partial charge >= 0.3 is 11.9 Å². The number of carbonyl (C=O) groups is 2. The number of allylic oxidation sites excluding steroid dienone is 2. The van der Waals surface area contributed by atoms with Gasteiger partial charge in [-0.05, 0) is 25.7 Å². The molecule has 0 radical (unpaired) electrons. The number of unbranched alkanes of at least 4 members (excludes halogenated alkanes) is 18. The molecule has 1 unspecified atom stereocenters. The van der Waals surface area contributed by atoms with Crippen LogP contribution in [0.4, 0.5) is 0 Å². The zero-order valence-corrected chi connectivity index (χ0v) is 22.7. The molecular weight excluding hydrogens is 424 g/mol. The monoisotopic (exact) mass is 480 g/mol. The molecule has 0 aromatic heterocycles. The summed E-state index contributed by atoms with van der Waals surface area (Å²) in [4.78, 5) is 23.4. The molecule has 0 saturated carbocycles. The Hall–Kier alpha value is -1.32. The number of aliphatic carboxylic acids is 1. The van der Waals surface area contributed by atoms with Crippen molar-refractivity contribution >= 4 is 11.9 Å². The average molecular weight is 481 g/mol. The van der Waals surface area contributed by atoms with Crippen molar-refractivity contribution in [2.45, 2.75) is 155 Å². The highest BCUT2D eigenvalue weighted by molar-refractivity contribution is 5.78. The summed E-state index contributed by atoms with van der Waals surface area (Å²) in [5.74, 6) is -1.98. The summed E-state index contributed by atoms with van der Waals surface area (Å²) in [6.07, 6.45) is 29.7. The molecule has 0 saturated heterocycles. The zero-order valence-electron chi connectivity index (χ0n) is 22.7. The van der Waals surface area contributed by atoms with Crippen molar-refractivity contribution in [3.8, 4) is 0 Å². The number of esters is 1. The number of carboxylic acid groups (broad SMARTS) is 1. The molecular formula is C30H56O4. The topological polar surface area (TPSA) is 63.6 Å². The van der Waals surface area contributed by atoms with Gasteiger partial charge in [0.1, 0.15) is 0 Å². The Balaban J connectivity index is 3.63. The van der Waals surface area contributed by atoms with Gasteiger partial charge in [-0.1, -0.05) is 135 Å². The summed E-state index contributed by atoms with van der Waals surface area (Å²) >= 11 is 0. The van der Waals surface area contributed by atoms with E-state index in [0.29, 0.717) is 13.0 Å². The predicted octanol–water partition coefficient (Wildman–Crippen LogP) is 9.41. The Morgan fingerprint density at radius 2 is 1.09 bits per heavy atom. The van der Waals surface area contributed by atoms with Crippen molar-refractivity contribution in [3.63, 3.8) is 0 Å². The van der Waals surface area contributed by atoms with Crippen LogP contribution < -0.4 is 0 Å². The molecule has 0 aliphatic rings. The molecule has 0 aromatic rings. The van der Waals surface area contributed by atoms with E-state index in [1.54, 1.807) is 0 Å². The Morgan fingerprint density at radius 1 is 0.647 bits per heavy atom. The SMILES string of the molecule is CCCCCCCCCCCCCCC/C=C/CC(CC(=O)OCCCCCCCC)C(=O)O. The molecule has 0 aliphatic heterocycles. The predicted molar refractivity (Wildman–Crippen MR) is 144 cm³/mol. The molecule has 0 fully saturated rings. The van der Waals surface area contributed by atoms with Crippen LogP contribution in [0.15, 0.2) is 12.2 Å².